The Hall–Kier alpha value is -0.590. The lowest BCUT2D eigenvalue weighted by molar-refractivity contribution is -0.121. The van der Waals surface area contributed by atoms with Crippen LogP contribution in [0, 0.1) is 11.8 Å². The van der Waals surface area contributed by atoms with Gasteiger partial charge >= 0.3 is 0 Å². The molecule has 0 aliphatic heterocycles. The Labute approximate surface area is 62.1 Å². The number of carbonyl (C=O) groups excluding carboxylic acids is 1. The molecule has 0 unspecified atom stereocenters. The quantitative estimate of drug-likeness (QED) is 0.507. The van der Waals surface area contributed by atoms with Gasteiger partial charge in [-0.3, -0.25) is 4.79 Å². The minimum atomic E-state index is 0.306. The van der Waals surface area contributed by atoms with Crippen molar-refractivity contribution in [3.63, 3.8) is 0 Å². The van der Waals surface area contributed by atoms with E-state index in [1.165, 1.54) is 0 Å². The van der Waals surface area contributed by atoms with Crippen LogP contribution in [-0.4, -0.2) is 5.78 Å². The second kappa shape index (κ2) is 3.00. The molecule has 1 aliphatic rings. The highest BCUT2D eigenvalue weighted by molar-refractivity contribution is 5.78. The summed E-state index contributed by atoms with van der Waals surface area (Å²) in [5, 5.41) is 0. The lowest BCUT2D eigenvalue weighted by atomic mass is 9.85. The van der Waals surface area contributed by atoms with Crippen LogP contribution in [0.15, 0.2) is 12.2 Å². The fourth-order valence-electron chi connectivity index (χ4n) is 1.43. The molecule has 0 bridgehead atoms. The summed E-state index contributed by atoms with van der Waals surface area (Å²) in [7, 11) is 0. The molecule has 0 fully saturated rings. The molecule has 0 N–H and O–H groups in total. The van der Waals surface area contributed by atoms with Crippen molar-refractivity contribution in [2.75, 3.05) is 0 Å². The zero-order chi connectivity index (χ0) is 7.56. The lowest BCUT2D eigenvalue weighted by Gasteiger charge is -2.18. The Morgan fingerprint density at radius 3 is 2.70 bits per heavy atom. The van der Waals surface area contributed by atoms with Gasteiger partial charge in [0.05, 0.1) is 0 Å². The molecule has 0 aromatic heterocycles. The van der Waals surface area contributed by atoms with Gasteiger partial charge in [-0.2, -0.15) is 0 Å². The smallest absolute Gasteiger partial charge is 0.133 e. The van der Waals surface area contributed by atoms with Gasteiger partial charge in [-0.25, -0.2) is 0 Å². The molecule has 1 aliphatic carbocycles. The Kier molecular flexibility index (Phi) is 2.25. The van der Waals surface area contributed by atoms with E-state index < -0.39 is 0 Å². The zero-order valence-corrected chi connectivity index (χ0v) is 6.63. The van der Waals surface area contributed by atoms with Crippen LogP contribution in [-0.2, 0) is 4.79 Å². The van der Waals surface area contributed by atoms with Crippen LogP contribution in [0.1, 0.15) is 26.7 Å². The number of hydrogen-bond donors (Lipinski definition) is 0. The van der Waals surface area contributed by atoms with Gasteiger partial charge in [0.15, 0.2) is 0 Å². The number of ketones is 1. The van der Waals surface area contributed by atoms with E-state index in [0.29, 0.717) is 17.6 Å². The Morgan fingerprint density at radius 1 is 1.60 bits per heavy atom. The number of allylic oxidation sites excluding steroid dienone is 2. The fraction of sp³-hybridized carbons (Fsp3) is 0.667. The maximum Gasteiger partial charge on any atom is 0.133 e. The first kappa shape index (κ1) is 7.52. The Balaban J connectivity index is 2.52. The highest BCUT2D eigenvalue weighted by Crippen LogP contribution is 2.23. The van der Waals surface area contributed by atoms with Gasteiger partial charge in [0.2, 0.25) is 0 Å². The molecule has 0 aromatic carbocycles. The molecule has 0 heterocycles. The normalized spacial score (nSPS) is 32.2. The first-order chi connectivity index (χ1) is 4.70. The van der Waals surface area contributed by atoms with E-state index in [2.05, 4.69) is 19.1 Å². The van der Waals surface area contributed by atoms with Crippen molar-refractivity contribution in [3.05, 3.63) is 12.2 Å². The van der Waals surface area contributed by atoms with Crippen molar-refractivity contribution in [3.8, 4) is 0 Å². The minimum absolute atomic E-state index is 0.306. The van der Waals surface area contributed by atoms with Gasteiger partial charge in [0.1, 0.15) is 5.78 Å². The van der Waals surface area contributed by atoms with Crippen molar-refractivity contribution < 1.29 is 4.79 Å². The first-order valence-corrected chi connectivity index (χ1v) is 3.87. The molecule has 1 heteroatoms. The van der Waals surface area contributed by atoms with Crippen molar-refractivity contribution in [2.24, 2.45) is 11.8 Å². The monoisotopic (exact) mass is 138 g/mol. The highest BCUT2D eigenvalue weighted by atomic mass is 16.1. The third kappa shape index (κ3) is 1.69. The SMILES string of the molecule is CC(=O)[C@H]1CC=C[C@H](C)C1. The third-order valence-electron chi connectivity index (χ3n) is 2.12. The number of rotatable bonds is 1. The van der Waals surface area contributed by atoms with Crippen LogP contribution < -0.4 is 0 Å². The van der Waals surface area contributed by atoms with E-state index in [4.69, 9.17) is 0 Å². The summed E-state index contributed by atoms with van der Waals surface area (Å²) in [5.74, 6) is 1.25. The van der Waals surface area contributed by atoms with Gasteiger partial charge in [0.25, 0.3) is 0 Å². The molecule has 0 saturated carbocycles. The molecule has 0 amide bonds. The average Bonchev–Trinajstić information content (AvgIpc) is 1.88. The number of Topliss-reactive ketones (excluding diaryl/α,β-unsaturated/α-hetero) is 1. The highest BCUT2D eigenvalue weighted by Gasteiger charge is 2.17. The first-order valence-electron chi connectivity index (χ1n) is 3.87. The number of carbonyl (C=O) groups is 1. The summed E-state index contributed by atoms with van der Waals surface area (Å²) < 4.78 is 0. The molecule has 10 heavy (non-hydrogen) atoms. The lowest BCUT2D eigenvalue weighted by Crippen LogP contribution is -2.15. The molecule has 1 nitrogen and oxygen atoms in total. The Bertz CT molecular complexity index is 158. The fourth-order valence-corrected chi connectivity index (χ4v) is 1.43. The van der Waals surface area contributed by atoms with E-state index in [9.17, 15) is 4.79 Å². The van der Waals surface area contributed by atoms with E-state index >= 15 is 0 Å². The predicted molar refractivity (Wildman–Crippen MR) is 41.7 cm³/mol. The second-order valence-electron chi connectivity index (χ2n) is 3.18. The van der Waals surface area contributed by atoms with Crippen molar-refractivity contribution in [1.82, 2.24) is 0 Å². The maximum atomic E-state index is 10.9. The van der Waals surface area contributed by atoms with Crippen molar-refractivity contribution in [1.29, 1.82) is 0 Å². The van der Waals surface area contributed by atoms with Gasteiger partial charge < -0.3 is 0 Å². The van der Waals surface area contributed by atoms with E-state index in [1.807, 2.05) is 0 Å². The van der Waals surface area contributed by atoms with E-state index in [1.54, 1.807) is 6.92 Å². The number of hydrogen-bond acceptors (Lipinski definition) is 1. The van der Waals surface area contributed by atoms with Gasteiger partial charge in [-0.15, -0.1) is 0 Å². The van der Waals surface area contributed by atoms with Crippen molar-refractivity contribution >= 4 is 5.78 Å². The van der Waals surface area contributed by atoms with Crippen LogP contribution in [0.25, 0.3) is 0 Å². The average molecular weight is 138 g/mol. The standard InChI is InChI=1S/C9H14O/c1-7-4-3-5-9(6-7)8(2)10/h3-4,7,9H,5-6H2,1-2H3/t7-,9-/m0/s1. The summed E-state index contributed by atoms with van der Waals surface area (Å²) in [6, 6.07) is 0. The van der Waals surface area contributed by atoms with Crippen LogP contribution >= 0.6 is 0 Å². The molecular formula is C9H14O. The van der Waals surface area contributed by atoms with Crippen LogP contribution in [0.5, 0.6) is 0 Å². The molecule has 0 radical (unpaired) electrons. The molecule has 56 valence electrons. The molecule has 2 atom stereocenters. The summed E-state index contributed by atoms with van der Waals surface area (Å²) in [4.78, 5) is 10.9. The van der Waals surface area contributed by atoms with E-state index in [-0.39, 0.29) is 0 Å². The largest absolute Gasteiger partial charge is 0.300 e. The predicted octanol–water partition coefficient (Wildman–Crippen LogP) is 2.18. The van der Waals surface area contributed by atoms with Crippen molar-refractivity contribution in [2.45, 2.75) is 26.7 Å². The maximum absolute atomic E-state index is 10.9. The van der Waals surface area contributed by atoms with Gasteiger partial charge in [-0.05, 0) is 25.7 Å². The summed E-state index contributed by atoms with van der Waals surface area (Å²) in [6.07, 6.45) is 6.32. The summed E-state index contributed by atoms with van der Waals surface area (Å²) in [6.45, 7) is 3.85. The third-order valence-corrected chi connectivity index (χ3v) is 2.12. The molecule has 1 rings (SSSR count). The summed E-state index contributed by atoms with van der Waals surface area (Å²) in [5.41, 5.74) is 0. The van der Waals surface area contributed by atoms with Crippen LogP contribution in [0.2, 0.25) is 0 Å². The minimum Gasteiger partial charge on any atom is -0.300 e. The zero-order valence-electron chi connectivity index (χ0n) is 6.63. The summed E-state index contributed by atoms with van der Waals surface area (Å²) >= 11 is 0. The molecule has 0 aromatic rings. The van der Waals surface area contributed by atoms with Crippen LogP contribution in [0.4, 0.5) is 0 Å². The topological polar surface area (TPSA) is 17.1 Å². The van der Waals surface area contributed by atoms with Gasteiger partial charge in [-0.1, -0.05) is 19.1 Å². The Morgan fingerprint density at radius 2 is 2.30 bits per heavy atom. The van der Waals surface area contributed by atoms with E-state index in [0.717, 1.165) is 12.8 Å². The molecular weight excluding hydrogens is 124 g/mol. The molecule has 0 spiro atoms. The molecule has 0 saturated heterocycles. The van der Waals surface area contributed by atoms with Gasteiger partial charge in [0, 0.05) is 5.92 Å². The second-order valence-corrected chi connectivity index (χ2v) is 3.18. The van der Waals surface area contributed by atoms with Crippen LogP contribution in [0.3, 0.4) is 0 Å².